The summed E-state index contributed by atoms with van der Waals surface area (Å²) in [7, 11) is 0. The fraction of sp³-hybridized carbons (Fsp3) is 0.231. The number of aryl methyl sites for hydroxylation is 2. The summed E-state index contributed by atoms with van der Waals surface area (Å²) in [5.74, 6) is -1.19. The van der Waals surface area contributed by atoms with E-state index in [1.807, 2.05) is 19.9 Å². The molecule has 2 N–H and O–H groups in total. The molecule has 1 heterocycles. The van der Waals surface area contributed by atoms with Crippen LogP contribution in [0.1, 0.15) is 26.9 Å². The SMILES string of the molecule is Cc1cc(C)c(C(N)c2cc(F)cc(F)c2)s1. The fourth-order valence-electron chi connectivity index (χ4n) is 1.87. The summed E-state index contributed by atoms with van der Waals surface area (Å²) in [5.41, 5.74) is 7.57. The van der Waals surface area contributed by atoms with Crippen LogP contribution in [-0.2, 0) is 0 Å². The van der Waals surface area contributed by atoms with E-state index in [0.29, 0.717) is 5.56 Å². The minimum absolute atomic E-state index is 0.465. The van der Waals surface area contributed by atoms with Gasteiger partial charge in [-0.1, -0.05) is 0 Å². The Morgan fingerprint density at radius 2 is 1.65 bits per heavy atom. The first kappa shape index (κ1) is 12.2. The molecule has 0 amide bonds. The number of rotatable bonds is 2. The third kappa shape index (κ3) is 2.53. The number of hydrogen-bond acceptors (Lipinski definition) is 2. The molecular formula is C13H13F2NS. The van der Waals surface area contributed by atoms with Gasteiger partial charge in [0, 0.05) is 15.8 Å². The van der Waals surface area contributed by atoms with Crippen LogP contribution in [0.25, 0.3) is 0 Å². The van der Waals surface area contributed by atoms with Gasteiger partial charge in [-0.2, -0.15) is 0 Å². The highest BCUT2D eigenvalue weighted by Crippen LogP contribution is 2.30. The van der Waals surface area contributed by atoms with E-state index >= 15 is 0 Å². The average molecular weight is 253 g/mol. The molecule has 2 rings (SSSR count). The first-order valence-corrected chi connectivity index (χ1v) is 6.07. The predicted octanol–water partition coefficient (Wildman–Crippen LogP) is 3.69. The first-order chi connectivity index (χ1) is 7.97. The summed E-state index contributed by atoms with van der Waals surface area (Å²) >= 11 is 1.56. The summed E-state index contributed by atoms with van der Waals surface area (Å²) in [6.07, 6.45) is 0. The summed E-state index contributed by atoms with van der Waals surface area (Å²) in [5, 5.41) is 0. The lowest BCUT2D eigenvalue weighted by molar-refractivity contribution is 0.577. The van der Waals surface area contributed by atoms with Crippen molar-refractivity contribution in [2.24, 2.45) is 5.73 Å². The van der Waals surface area contributed by atoms with Crippen molar-refractivity contribution >= 4 is 11.3 Å². The van der Waals surface area contributed by atoms with E-state index < -0.39 is 17.7 Å². The maximum Gasteiger partial charge on any atom is 0.126 e. The van der Waals surface area contributed by atoms with E-state index in [2.05, 4.69) is 0 Å². The Balaban J connectivity index is 2.43. The van der Waals surface area contributed by atoms with Crippen LogP contribution in [0.4, 0.5) is 8.78 Å². The van der Waals surface area contributed by atoms with E-state index in [4.69, 9.17) is 5.73 Å². The monoisotopic (exact) mass is 253 g/mol. The third-order valence-electron chi connectivity index (χ3n) is 2.61. The molecule has 0 saturated heterocycles. The van der Waals surface area contributed by atoms with Crippen LogP contribution in [0.3, 0.4) is 0 Å². The highest BCUT2D eigenvalue weighted by Gasteiger charge is 2.15. The summed E-state index contributed by atoms with van der Waals surface area (Å²) in [6, 6.07) is 4.96. The Morgan fingerprint density at radius 1 is 1.06 bits per heavy atom. The Labute approximate surface area is 103 Å². The molecule has 0 fully saturated rings. The van der Waals surface area contributed by atoms with Crippen LogP contribution in [-0.4, -0.2) is 0 Å². The summed E-state index contributed by atoms with van der Waals surface area (Å²) in [4.78, 5) is 2.09. The van der Waals surface area contributed by atoms with Crippen molar-refractivity contribution in [3.8, 4) is 0 Å². The van der Waals surface area contributed by atoms with Gasteiger partial charge < -0.3 is 5.73 Å². The molecule has 0 aliphatic rings. The quantitative estimate of drug-likeness (QED) is 0.867. The minimum atomic E-state index is -0.596. The van der Waals surface area contributed by atoms with Gasteiger partial charge in [0.2, 0.25) is 0 Å². The van der Waals surface area contributed by atoms with Gasteiger partial charge in [0.15, 0.2) is 0 Å². The van der Waals surface area contributed by atoms with Crippen molar-refractivity contribution in [1.29, 1.82) is 0 Å². The number of halogens is 2. The van der Waals surface area contributed by atoms with Crippen LogP contribution in [0.15, 0.2) is 24.3 Å². The second kappa shape index (κ2) is 4.55. The molecule has 0 radical (unpaired) electrons. The molecular weight excluding hydrogens is 240 g/mol. The van der Waals surface area contributed by atoms with Crippen molar-refractivity contribution in [2.75, 3.05) is 0 Å². The molecule has 0 saturated carbocycles. The molecule has 1 unspecified atom stereocenters. The standard InChI is InChI=1S/C13H13F2NS/c1-7-3-8(2)17-13(7)12(16)9-4-10(14)6-11(15)5-9/h3-6,12H,16H2,1-2H3. The van der Waals surface area contributed by atoms with Crippen LogP contribution in [0.2, 0.25) is 0 Å². The molecule has 4 heteroatoms. The largest absolute Gasteiger partial charge is 0.320 e. The van der Waals surface area contributed by atoms with Gasteiger partial charge in [0.1, 0.15) is 11.6 Å². The van der Waals surface area contributed by atoms with Gasteiger partial charge in [-0.15, -0.1) is 11.3 Å². The lowest BCUT2D eigenvalue weighted by atomic mass is 10.0. The smallest absolute Gasteiger partial charge is 0.126 e. The number of benzene rings is 1. The van der Waals surface area contributed by atoms with Crippen molar-refractivity contribution in [2.45, 2.75) is 19.9 Å². The minimum Gasteiger partial charge on any atom is -0.320 e. The van der Waals surface area contributed by atoms with Crippen LogP contribution in [0, 0.1) is 25.5 Å². The second-order valence-electron chi connectivity index (χ2n) is 4.08. The molecule has 90 valence electrons. The molecule has 0 aliphatic heterocycles. The van der Waals surface area contributed by atoms with Gasteiger partial charge in [0.25, 0.3) is 0 Å². The lowest BCUT2D eigenvalue weighted by Gasteiger charge is -2.11. The molecule has 0 aliphatic carbocycles. The Morgan fingerprint density at radius 3 is 2.12 bits per heavy atom. The van der Waals surface area contributed by atoms with E-state index in [0.717, 1.165) is 21.4 Å². The number of nitrogens with two attached hydrogens (primary N) is 1. The van der Waals surface area contributed by atoms with Gasteiger partial charge in [-0.3, -0.25) is 0 Å². The maximum atomic E-state index is 13.1. The van der Waals surface area contributed by atoms with Gasteiger partial charge in [-0.05, 0) is 43.2 Å². The molecule has 0 spiro atoms. The van der Waals surface area contributed by atoms with E-state index in [9.17, 15) is 8.78 Å². The van der Waals surface area contributed by atoms with Crippen LogP contribution >= 0.6 is 11.3 Å². The van der Waals surface area contributed by atoms with Crippen LogP contribution in [0.5, 0.6) is 0 Å². The number of hydrogen-bond donors (Lipinski definition) is 1. The number of thiophene rings is 1. The van der Waals surface area contributed by atoms with Crippen molar-refractivity contribution in [1.82, 2.24) is 0 Å². The molecule has 1 atom stereocenters. The normalized spacial score (nSPS) is 12.8. The third-order valence-corrected chi connectivity index (χ3v) is 3.84. The van der Waals surface area contributed by atoms with E-state index in [-0.39, 0.29) is 0 Å². The molecule has 17 heavy (non-hydrogen) atoms. The zero-order valence-corrected chi connectivity index (χ0v) is 10.4. The van der Waals surface area contributed by atoms with E-state index in [1.54, 1.807) is 11.3 Å². The maximum absolute atomic E-state index is 13.1. The van der Waals surface area contributed by atoms with Crippen molar-refractivity contribution < 1.29 is 8.78 Å². The summed E-state index contributed by atoms with van der Waals surface area (Å²) in [6.45, 7) is 3.94. The second-order valence-corrected chi connectivity index (χ2v) is 5.37. The van der Waals surface area contributed by atoms with Gasteiger partial charge >= 0.3 is 0 Å². The molecule has 1 nitrogen and oxygen atoms in total. The van der Waals surface area contributed by atoms with E-state index in [1.165, 1.54) is 12.1 Å². The topological polar surface area (TPSA) is 26.0 Å². The Bertz CT molecular complexity index is 528. The highest BCUT2D eigenvalue weighted by atomic mass is 32.1. The highest BCUT2D eigenvalue weighted by molar-refractivity contribution is 7.12. The fourth-order valence-corrected chi connectivity index (χ4v) is 2.94. The predicted molar refractivity (Wildman–Crippen MR) is 66.2 cm³/mol. The average Bonchev–Trinajstić information content (AvgIpc) is 2.55. The van der Waals surface area contributed by atoms with Crippen molar-refractivity contribution in [3.63, 3.8) is 0 Å². The Hall–Kier alpha value is -1.26. The Kier molecular flexibility index (Phi) is 3.26. The lowest BCUT2D eigenvalue weighted by Crippen LogP contribution is -2.12. The van der Waals surface area contributed by atoms with Crippen molar-refractivity contribution in [3.05, 3.63) is 56.8 Å². The molecule has 2 aromatic rings. The zero-order chi connectivity index (χ0) is 12.6. The van der Waals surface area contributed by atoms with Gasteiger partial charge in [-0.25, -0.2) is 8.78 Å². The van der Waals surface area contributed by atoms with Crippen LogP contribution < -0.4 is 5.73 Å². The van der Waals surface area contributed by atoms with Gasteiger partial charge in [0.05, 0.1) is 6.04 Å². The molecule has 1 aromatic heterocycles. The molecule has 0 bridgehead atoms. The zero-order valence-electron chi connectivity index (χ0n) is 9.63. The first-order valence-electron chi connectivity index (χ1n) is 5.26. The molecule has 1 aromatic carbocycles. The summed E-state index contributed by atoms with van der Waals surface area (Å²) < 4.78 is 26.2.